The molecule has 1 saturated carbocycles. The molecule has 1 atom stereocenters. The average molecular weight is 307 g/mol. The largest absolute Gasteiger partial charge is 0.390 e. The van der Waals surface area contributed by atoms with Crippen LogP contribution in [0.25, 0.3) is 0 Å². The molecule has 7 heteroatoms. The summed E-state index contributed by atoms with van der Waals surface area (Å²) in [6.07, 6.45) is 5.19. The molecule has 0 spiro atoms. The number of nitrogens with zero attached hydrogens (tertiary/aromatic N) is 2. The van der Waals surface area contributed by atoms with Gasteiger partial charge in [0.15, 0.2) is 0 Å². The number of likely N-dealkylation sites (tertiary alicyclic amines) is 1. The molecule has 1 saturated heterocycles. The maximum atomic E-state index is 12.3. The summed E-state index contributed by atoms with van der Waals surface area (Å²) in [6.45, 7) is 1.57. The summed E-state index contributed by atoms with van der Waals surface area (Å²) in [7, 11) is 0. The second-order valence-corrected chi connectivity index (χ2v) is 6.34. The predicted octanol–water partition coefficient (Wildman–Crippen LogP) is -0.310. The summed E-state index contributed by atoms with van der Waals surface area (Å²) >= 11 is 0. The number of hydrogen-bond donors (Lipinski definition) is 2. The van der Waals surface area contributed by atoms with Crippen molar-refractivity contribution in [2.24, 2.45) is 5.92 Å². The SMILES string of the molecule is O=C(CCn1ccc(=O)[nH]c1=O)N1CCCC(C2(O)CC2)C1. The molecule has 1 amide bonds. The summed E-state index contributed by atoms with van der Waals surface area (Å²) in [5.41, 5.74) is -1.48. The Balaban J connectivity index is 1.57. The molecule has 2 N–H and O–H groups in total. The van der Waals surface area contributed by atoms with Crippen LogP contribution in [0.3, 0.4) is 0 Å². The van der Waals surface area contributed by atoms with Crippen LogP contribution in [-0.2, 0) is 11.3 Å². The number of carbonyl (C=O) groups is 1. The number of aromatic nitrogens is 2. The Hall–Kier alpha value is -1.89. The fourth-order valence-corrected chi connectivity index (χ4v) is 3.17. The topological polar surface area (TPSA) is 95.4 Å². The van der Waals surface area contributed by atoms with Crippen LogP contribution in [-0.4, -0.2) is 44.2 Å². The van der Waals surface area contributed by atoms with E-state index in [-0.39, 0.29) is 24.8 Å². The Morgan fingerprint density at radius 3 is 2.86 bits per heavy atom. The molecule has 1 unspecified atom stereocenters. The number of aliphatic hydroxyl groups is 1. The van der Waals surface area contributed by atoms with Gasteiger partial charge in [0.25, 0.3) is 5.56 Å². The van der Waals surface area contributed by atoms with Gasteiger partial charge in [-0.25, -0.2) is 4.79 Å². The van der Waals surface area contributed by atoms with E-state index >= 15 is 0 Å². The lowest BCUT2D eigenvalue weighted by atomic mass is 9.90. The minimum absolute atomic E-state index is 0.00736. The lowest BCUT2D eigenvalue weighted by Crippen LogP contribution is -2.44. The fourth-order valence-electron chi connectivity index (χ4n) is 3.17. The van der Waals surface area contributed by atoms with Crippen molar-refractivity contribution < 1.29 is 9.90 Å². The highest BCUT2D eigenvalue weighted by Crippen LogP contribution is 2.45. The fraction of sp³-hybridized carbons (Fsp3) is 0.667. The van der Waals surface area contributed by atoms with Crippen molar-refractivity contribution >= 4 is 5.91 Å². The van der Waals surface area contributed by atoms with Crippen molar-refractivity contribution in [2.75, 3.05) is 13.1 Å². The molecule has 0 radical (unpaired) electrons. The van der Waals surface area contributed by atoms with Gasteiger partial charge in [0.1, 0.15) is 0 Å². The third kappa shape index (κ3) is 3.14. The van der Waals surface area contributed by atoms with E-state index in [4.69, 9.17) is 0 Å². The lowest BCUT2D eigenvalue weighted by molar-refractivity contribution is -0.134. The van der Waals surface area contributed by atoms with Crippen LogP contribution >= 0.6 is 0 Å². The first kappa shape index (κ1) is 15.0. The minimum Gasteiger partial charge on any atom is -0.390 e. The second kappa shape index (κ2) is 5.72. The Labute approximate surface area is 127 Å². The van der Waals surface area contributed by atoms with Crippen LogP contribution in [0.15, 0.2) is 21.9 Å². The molecule has 1 aromatic heterocycles. The van der Waals surface area contributed by atoms with Crippen molar-refractivity contribution in [3.63, 3.8) is 0 Å². The van der Waals surface area contributed by atoms with Gasteiger partial charge in [-0.1, -0.05) is 0 Å². The number of aromatic amines is 1. The van der Waals surface area contributed by atoms with Crippen LogP contribution in [0.5, 0.6) is 0 Å². The molecule has 2 aliphatic rings. The maximum Gasteiger partial charge on any atom is 0.328 e. The highest BCUT2D eigenvalue weighted by Gasteiger charge is 2.48. The lowest BCUT2D eigenvalue weighted by Gasteiger charge is -2.35. The van der Waals surface area contributed by atoms with Gasteiger partial charge in [0.05, 0.1) is 5.60 Å². The zero-order valence-electron chi connectivity index (χ0n) is 12.5. The number of carbonyl (C=O) groups excluding carboxylic acids is 1. The smallest absolute Gasteiger partial charge is 0.328 e. The molecule has 120 valence electrons. The van der Waals surface area contributed by atoms with Gasteiger partial charge in [0.2, 0.25) is 5.91 Å². The van der Waals surface area contributed by atoms with E-state index in [9.17, 15) is 19.5 Å². The quantitative estimate of drug-likeness (QED) is 0.797. The molecule has 0 bridgehead atoms. The maximum absolute atomic E-state index is 12.3. The van der Waals surface area contributed by atoms with Gasteiger partial charge in [-0.15, -0.1) is 0 Å². The zero-order chi connectivity index (χ0) is 15.7. The Morgan fingerprint density at radius 1 is 1.41 bits per heavy atom. The van der Waals surface area contributed by atoms with E-state index in [1.807, 2.05) is 0 Å². The van der Waals surface area contributed by atoms with Gasteiger partial charge >= 0.3 is 5.69 Å². The number of amides is 1. The first-order valence-corrected chi connectivity index (χ1v) is 7.78. The molecule has 1 aliphatic carbocycles. The first-order chi connectivity index (χ1) is 10.5. The molecule has 1 aliphatic heterocycles. The number of piperidine rings is 1. The molecule has 1 aromatic rings. The zero-order valence-corrected chi connectivity index (χ0v) is 12.5. The first-order valence-electron chi connectivity index (χ1n) is 7.78. The number of H-pyrrole nitrogens is 1. The van der Waals surface area contributed by atoms with Crippen molar-refractivity contribution in [3.8, 4) is 0 Å². The number of nitrogens with one attached hydrogen (secondary N) is 1. The van der Waals surface area contributed by atoms with Crippen LogP contribution in [0.4, 0.5) is 0 Å². The van der Waals surface area contributed by atoms with Crippen molar-refractivity contribution in [2.45, 2.75) is 44.2 Å². The summed E-state index contributed by atoms with van der Waals surface area (Å²) in [6, 6.07) is 1.27. The highest BCUT2D eigenvalue weighted by atomic mass is 16.3. The summed E-state index contributed by atoms with van der Waals surface area (Å²) in [5.74, 6) is 0.174. The van der Waals surface area contributed by atoms with Gasteiger partial charge in [-0.2, -0.15) is 0 Å². The number of hydrogen-bond acceptors (Lipinski definition) is 4. The third-order valence-electron chi connectivity index (χ3n) is 4.76. The molecular formula is C15H21N3O4. The van der Waals surface area contributed by atoms with Crippen molar-refractivity contribution in [3.05, 3.63) is 33.1 Å². The normalized spacial score (nSPS) is 23.3. The van der Waals surface area contributed by atoms with E-state index in [2.05, 4.69) is 4.98 Å². The Bertz CT molecular complexity index is 674. The van der Waals surface area contributed by atoms with Crippen molar-refractivity contribution in [1.82, 2.24) is 14.5 Å². The molecule has 7 nitrogen and oxygen atoms in total. The summed E-state index contributed by atoms with van der Waals surface area (Å²) in [5, 5.41) is 10.2. The van der Waals surface area contributed by atoms with E-state index in [1.54, 1.807) is 4.90 Å². The monoisotopic (exact) mass is 307 g/mol. The van der Waals surface area contributed by atoms with Gasteiger partial charge in [-0.3, -0.25) is 14.6 Å². The van der Waals surface area contributed by atoms with Crippen LogP contribution in [0.1, 0.15) is 32.1 Å². The molecule has 2 heterocycles. The number of rotatable bonds is 4. The molecule has 3 rings (SSSR count). The Kier molecular flexibility index (Phi) is 3.90. The predicted molar refractivity (Wildman–Crippen MR) is 79.4 cm³/mol. The standard InChI is InChI=1S/C15H21N3O4/c19-12-3-8-17(14(21)16-12)9-4-13(20)18-7-1-2-11(10-18)15(22)5-6-15/h3,8,11,22H,1-2,4-7,9-10H2,(H,16,19,21). The van der Waals surface area contributed by atoms with Crippen LogP contribution in [0.2, 0.25) is 0 Å². The second-order valence-electron chi connectivity index (χ2n) is 6.34. The summed E-state index contributed by atoms with van der Waals surface area (Å²) < 4.78 is 1.33. The summed E-state index contributed by atoms with van der Waals surface area (Å²) in [4.78, 5) is 38.8. The van der Waals surface area contributed by atoms with E-state index in [0.29, 0.717) is 13.1 Å². The third-order valence-corrected chi connectivity index (χ3v) is 4.76. The van der Waals surface area contributed by atoms with Crippen LogP contribution < -0.4 is 11.2 Å². The molecule has 2 fully saturated rings. The highest BCUT2D eigenvalue weighted by molar-refractivity contribution is 5.76. The average Bonchev–Trinajstić information content (AvgIpc) is 3.25. The number of aryl methyl sites for hydroxylation is 1. The van der Waals surface area contributed by atoms with E-state index < -0.39 is 16.9 Å². The Morgan fingerprint density at radius 2 is 2.18 bits per heavy atom. The van der Waals surface area contributed by atoms with Gasteiger partial charge in [0, 0.05) is 44.2 Å². The minimum atomic E-state index is -0.547. The molecular weight excluding hydrogens is 286 g/mol. The van der Waals surface area contributed by atoms with Gasteiger partial charge < -0.3 is 14.6 Å². The molecule has 22 heavy (non-hydrogen) atoms. The van der Waals surface area contributed by atoms with E-state index in [1.165, 1.54) is 16.8 Å². The van der Waals surface area contributed by atoms with E-state index in [0.717, 1.165) is 25.7 Å². The van der Waals surface area contributed by atoms with Crippen molar-refractivity contribution in [1.29, 1.82) is 0 Å². The van der Waals surface area contributed by atoms with Crippen LogP contribution in [0, 0.1) is 5.92 Å². The molecule has 0 aromatic carbocycles. The van der Waals surface area contributed by atoms with Gasteiger partial charge in [-0.05, 0) is 25.7 Å².